The van der Waals surface area contributed by atoms with Crippen LogP contribution in [0.5, 0.6) is 0 Å². The molecule has 0 aliphatic carbocycles. The molecule has 2 atom stereocenters. The first-order chi connectivity index (χ1) is 11.5. The van der Waals surface area contributed by atoms with Crippen LogP contribution in [-0.4, -0.2) is 49.6 Å². The summed E-state index contributed by atoms with van der Waals surface area (Å²) in [5.41, 5.74) is 0.390. The maximum Gasteiger partial charge on any atom is 0.227 e. The van der Waals surface area contributed by atoms with Gasteiger partial charge in [-0.2, -0.15) is 0 Å². The lowest BCUT2D eigenvalue weighted by Crippen LogP contribution is -2.50. The van der Waals surface area contributed by atoms with E-state index < -0.39 is 0 Å². The maximum absolute atomic E-state index is 13.7. The summed E-state index contributed by atoms with van der Waals surface area (Å²) in [7, 11) is 1.58. The third kappa shape index (κ3) is 4.77. The van der Waals surface area contributed by atoms with Gasteiger partial charge in [0.25, 0.3) is 0 Å². The quantitative estimate of drug-likeness (QED) is 0.806. The van der Waals surface area contributed by atoms with E-state index in [0.29, 0.717) is 25.3 Å². The van der Waals surface area contributed by atoms with Crippen molar-refractivity contribution in [1.82, 2.24) is 10.2 Å². The maximum atomic E-state index is 13.7. The molecule has 0 spiro atoms. The van der Waals surface area contributed by atoms with Gasteiger partial charge in [0.1, 0.15) is 5.82 Å². The molecule has 1 fully saturated rings. The Labute approximate surface area is 142 Å². The Kier molecular flexibility index (Phi) is 6.73. The average Bonchev–Trinajstić information content (AvgIpc) is 2.57. The zero-order valence-corrected chi connectivity index (χ0v) is 14.3. The molecule has 2 amide bonds. The first-order valence-corrected chi connectivity index (χ1v) is 8.32. The van der Waals surface area contributed by atoms with Crippen molar-refractivity contribution in [3.8, 4) is 0 Å². The summed E-state index contributed by atoms with van der Waals surface area (Å²) >= 11 is 0. The third-order valence-corrected chi connectivity index (χ3v) is 4.48. The fraction of sp³-hybridized carbons (Fsp3) is 0.556. The van der Waals surface area contributed by atoms with Gasteiger partial charge in [-0.15, -0.1) is 0 Å². The number of nitrogens with one attached hydrogen (secondary N) is 1. The van der Waals surface area contributed by atoms with E-state index in [9.17, 15) is 14.0 Å². The number of carbonyl (C=O) groups excluding carboxylic acids is 2. The summed E-state index contributed by atoms with van der Waals surface area (Å²) in [5.74, 6) is -0.781. The molecule has 2 rings (SSSR count). The Morgan fingerprint density at radius 3 is 2.79 bits per heavy atom. The number of ether oxygens (including phenoxy) is 1. The molecule has 5 nitrogen and oxygen atoms in total. The minimum absolute atomic E-state index is 0.0228. The van der Waals surface area contributed by atoms with Crippen LogP contribution in [0.25, 0.3) is 0 Å². The van der Waals surface area contributed by atoms with E-state index in [1.54, 1.807) is 30.2 Å². The highest BCUT2D eigenvalue weighted by Crippen LogP contribution is 2.23. The number of carbonyl (C=O) groups is 2. The first kappa shape index (κ1) is 18.4. The molecule has 0 radical (unpaired) electrons. The van der Waals surface area contributed by atoms with Gasteiger partial charge in [-0.05, 0) is 31.4 Å². The standard InChI is InChI=1S/C18H25FN2O3/c1-13-7-8-15(18(23)20-9-10-24-2)12-21(13)17(22)11-14-5-3-4-6-16(14)19/h3-6,13,15H,7-12H2,1-2H3,(H,20,23)/t13-,15-/m0/s1. The van der Waals surface area contributed by atoms with E-state index in [1.165, 1.54) is 6.07 Å². The van der Waals surface area contributed by atoms with Crippen LogP contribution < -0.4 is 5.32 Å². The lowest BCUT2D eigenvalue weighted by Gasteiger charge is -2.37. The molecule has 1 N–H and O–H groups in total. The minimum atomic E-state index is -0.371. The third-order valence-electron chi connectivity index (χ3n) is 4.48. The molecule has 0 saturated carbocycles. The fourth-order valence-corrected chi connectivity index (χ4v) is 3.00. The minimum Gasteiger partial charge on any atom is -0.383 e. The van der Waals surface area contributed by atoms with Gasteiger partial charge in [-0.1, -0.05) is 18.2 Å². The Bertz CT molecular complexity index is 579. The molecule has 24 heavy (non-hydrogen) atoms. The number of rotatable bonds is 6. The number of piperidine rings is 1. The van der Waals surface area contributed by atoms with E-state index in [-0.39, 0.29) is 36.0 Å². The summed E-state index contributed by atoms with van der Waals surface area (Å²) in [6.45, 7) is 3.28. The summed E-state index contributed by atoms with van der Waals surface area (Å²) in [4.78, 5) is 26.5. The second kappa shape index (κ2) is 8.78. The van der Waals surface area contributed by atoms with Crippen molar-refractivity contribution >= 4 is 11.8 Å². The normalized spacial score (nSPS) is 20.7. The monoisotopic (exact) mass is 336 g/mol. The Hall–Kier alpha value is -1.95. The first-order valence-electron chi connectivity index (χ1n) is 8.32. The average molecular weight is 336 g/mol. The summed E-state index contributed by atoms with van der Waals surface area (Å²) in [6, 6.07) is 6.36. The second-order valence-electron chi connectivity index (χ2n) is 6.22. The lowest BCUT2D eigenvalue weighted by molar-refractivity contribution is -0.137. The van der Waals surface area contributed by atoms with E-state index in [0.717, 1.165) is 12.8 Å². The molecule has 6 heteroatoms. The number of nitrogens with zero attached hydrogens (tertiary/aromatic N) is 1. The Morgan fingerprint density at radius 1 is 1.33 bits per heavy atom. The number of likely N-dealkylation sites (tertiary alicyclic amines) is 1. The van der Waals surface area contributed by atoms with Gasteiger partial charge in [0.05, 0.1) is 18.9 Å². The molecule has 1 aromatic rings. The zero-order chi connectivity index (χ0) is 17.5. The van der Waals surface area contributed by atoms with Crippen molar-refractivity contribution in [3.05, 3.63) is 35.6 Å². The second-order valence-corrected chi connectivity index (χ2v) is 6.22. The molecule has 1 aliphatic heterocycles. The van der Waals surface area contributed by atoms with E-state index in [4.69, 9.17) is 4.74 Å². The smallest absolute Gasteiger partial charge is 0.227 e. The van der Waals surface area contributed by atoms with Crippen LogP contribution in [0.1, 0.15) is 25.3 Å². The molecule has 0 unspecified atom stereocenters. The highest BCUT2D eigenvalue weighted by atomic mass is 19.1. The van der Waals surface area contributed by atoms with Crippen molar-refractivity contribution in [1.29, 1.82) is 0 Å². The van der Waals surface area contributed by atoms with E-state index >= 15 is 0 Å². The van der Waals surface area contributed by atoms with Crippen molar-refractivity contribution in [3.63, 3.8) is 0 Å². The largest absolute Gasteiger partial charge is 0.383 e. The molecular formula is C18H25FN2O3. The number of halogens is 1. The predicted octanol–water partition coefficient (Wildman–Crippen LogP) is 1.76. The molecule has 1 aromatic carbocycles. The molecule has 1 heterocycles. The Balaban J connectivity index is 1.96. The van der Waals surface area contributed by atoms with Crippen LogP contribution in [0, 0.1) is 11.7 Å². The fourth-order valence-electron chi connectivity index (χ4n) is 3.00. The summed E-state index contributed by atoms with van der Waals surface area (Å²) < 4.78 is 18.7. The SMILES string of the molecule is COCCNC(=O)[C@H]1CC[C@H](C)N(C(=O)Cc2ccccc2F)C1. The van der Waals surface area contributed by atoms with Crippen LogP contribution in [0.4, 0.5) is 4.39 Å². The molecule has 1 saturated heterocycles. The van der Waals surface area contributed by atoms with E-state index in [1.807, 2.05) is 6.92 Å². The highest BCUT2D eigenvalue weighted by Gasteiger charge is 2.32. The number of amides is 2. The highest BCUT2D eigenvalue weighted by molar-refractivity contribution is 5.82. The summed E-state index contributed by atoms with van der Waals surface area (Å²) in [6.07, 6.45) is 1.55. The number of hydrogen-bond acceptors (Lipinski definition) is 3. The molecule has 0 bridgehead atoms. The zero-order valence-electron chi connectivity index (χ0n) is 14.3. The molecule has 1 aliphatic rings. The van der Waals surface area contributed by atoms with Gasteiger partial charge in [-0.3, -0.25) is 9.59 Å². The van der Waals surface area contributed by atoms with Gasteiger partial charge in [0.2, 0.25) is 11.8 Å². The summed E-state index contributed by atoms with van der Waals surface area (Å²) in [5, 5.41) is 2.82. The van der Waals surface area contributed by atoms with Crippen molar-refractivity contribution in [2.24, 2.45) is 5.92 Å². The molecular weight excluding hydrogens is 311 g/mol. The Morgan fingerprint density at radius 2 is 2.08 bits per heavy atom. The molecule has 0 aromatic heterocycles. The topological polar surface area (TPSA) is 58.6 Å². The van der Waals surface area contributed by atoms with Gasteiger partial charge < -0.3 is 15.0 Å². The van der Waals surface area contributed by atoms with Crippen LogP contribution in [0.15, 0.2) is 24.3 Å². The van der Waals surface area contributed by atoms with Crippen LogP contribution in [0.3, 0.4) is 0 Å². The van der Waals surface area contributed by atoms with Crippen LogP contribution >= 0.6 is 0 Å². The molecule has 132 valence electrons. The van der Waals surface area contributed by atoms with Gasteiger partial charge >= 0.3 is 0 Å². The number of benzene rings is 1. The lowest BCUT2D eigenvalue weighted by atomic mass is 9.92. The van der Waals surface area contributed by atoms with Crippen LogP contribution in [0.2, 0.25) is 0 Å². The van der Waals surface area contributed by atoms with Gasteiger partial charge in [0, 0.05) is 26.2 Å². The number of hydrogen-bond donors (Lipinski definition) is 1. The van der Waals surface area contributed by atoms with Gasteiger partial charge in [-0.25, -0.2) is 4.39 Å². The van der Waals surface area contributed by atoms with Crippen molar-refractivity contribution in [2.75, 3.05) is 26.8 Å². The van der Waals surface area contributed by atoms with Gasteiger partial charge in [0.15, 0.2) is 0 Å². The number of methoxy groups -OCH3 is 1. The van der Waals surface area contributed by atoms with Crippen molar-refractivity contribution in [2.45, 2.75) is 32.2 Å². The predicted molar refractivity (Wildman–Crippen MR) is 88.9 cm³/mol. The van der Waals surface area contributed by atoms with Crippen molar-refractivity contribution < 1.29 is 18.7 Å². The van der Waals surface area contributed by atoms with Crippen LogP contribution in [-0.2, 0) is 20.7 Å². The van der Waals surface area contributed by atoms with E-state index in [2.05, 4.69) is 5.32 Å².